The number of para-hydroxylation sites is 1. The first-order chi connectivity index (χ1) is 14.0. The van der Waals surface area contributed by atoms with E-state index in [2.05, 4.69) is 45.4 Å². The van der Waals surface area contributed by atoms with Gasteiger partial charge in [0.2, 0.25) is 5.95 Å². The summed E-state index contributed by atoms with van der Waals surface area (Å²) in [4.78, 5) is 23.6. The lowest BCUT2D eigenvalue weighted by molar-refractivity contribution is 0.102. The molecule has 0 radical (unpaired) electrons. The normalized spacial score (nSPS) is 10.5. The largest absolute Gasteiger partial charge is 0.372 e. The van der Waals surface area contributed by atoms with Gasteiger partial charge in [-0.1, -0.05) is 18.2 Å². The maximum atomic E-state index is 12.7. The van der Waals surface area contributed by atoms with E-state index in [9.17, 15) is 4.79 Å². The molecular formula is C23H27N5O. The fourth-order valence-corrected chi connectivity index (χ4v) is 3.14. The molecule has 0 atom stereocenters. The highest BCUT2D eigenvalue weighted by molar-refractivity contribution is 6.03. The molecule has 1 heterocycles. The van der Waals surface area contributed by atoms with Crippen LogP contribution in [0.4, 0.5) is 23.0 Å². The number of nitrogens with zero attached hydrogens (tertiary/aromatic N) is 3. The second-order valence-corrected chi connectivity index (χ2v) is 6.83. The lowest BCUT2D eigenvalue weighted by Gasteiger charge is -2.22. The first-order valence-corrected chi connectivity index (χ1v) is 9.84. The zero-order chi connectivity index (χ0) is 20.8. The van der Waals surface area contributed by atoms with Crippen LogP contribution < -0.4 is 15.5 Å². The number of nitrogens with one attached hydrogen (secondary N) is 2. The third-order valence-corrected chi connectivity index (χ3v) is 4.87. The van der Waals surface area contributed by atoms with Gasteiger partial charge in [-0.25, -0.2) is 9.97 Å². The van der Waals surface area contributed by atoms with Crippen molar-refractivity contribution >= 4 is 28.9 Å². The Hall–Kier alpha value is -3.41. The SMILES string of the molecule is CCN(CC)c1ccc(NC(=O)c2ccnc(Nc3ccccc3C)n2)c(C)c1. The Balaban J connectivity index is 1.75. The average Bonchev–Trinajstić information content (AvgIpc) is 2.73. The Bertz CT molecular complexity index is 998. The van der Waals surface area contributed by atoms with Crippen LogP contribution in [0.2, 0.25) is 0 Å². The van der Waals surface area contributed by atoms with Crippen LogP contribution in [0, 0.1) is 13.8 Å². The van der Waals surface area contributed by atoms with Gasteiger partial charge in [0.15, 0.2) is 0 Å². The van der Waals surface area contributed by atoms with Crippen LogP contribution in [0.5, 0.6) is 0 Å². The number of aryl methyl sites for hydroxylation is 2. The summed E-state index contributed by atoms with van der Waals surface area (Å²) in [5.74, 6) is 0.125. The minimum absolute atomic E-state index is 0.265. The van der Waals surface area contributed by atoms with Gasteiger partial charge in [-0.05, 0) is 69.2 Å². The van der Waals surface area contributed by atoms with Gasteiger partial charge in [-0.15, -0.1) is 0 Å². The van der Waals surface area contributed by atoms with E-state index < -0.39 is 0 Å². The first-order valence-electron chi connectivity index (χ1n) is 9.84. The monoisotopic (exact) mass is 389 g/mol. The van der Waals surface area contributed by atoms with Crippen LogP contribution in [0.15, 0.2) is 54.7 Å². The van der Waals surface area contributed by atoms with Gasteiger partial charge in [0.1, 0.15) is 5.69 Å². The number of benzene rings is 2. The topological polar surface area (TPSA) is 70.2 Å². The van der Waals surface area contributed by atoms with Gasteiger partial charge in [-0.3, -0.25) is 4.79 Å². The summed E-state index contributed by atoms with van der Waals surface area (Å²) in [7, 11) is 0. The van der Waals surface area contributed by atoms with Crippen molar-refractivity contribution < 1.29 is 4.79 Å². The van der Waals surface area contributed by atoms with Crippen molar-refractivity contribution in [3.8, 4) is 0 Å². The molecular weight excluding hydrogens is 362 g/mol. The van der Waals surface area contributed by atoms with Crippen molar-refractivity contribution in [2.45, 2.75) is 27.7 Å². The Morgan fingerprint density at radius 2 is 1.72 bits per heavy atom. The number of amides is 1. The fraction of sp³-hybridized carbons (Fsp3) is 0.261. The van der Waals surface area contributed by atoms with Gasteiger partial charge in [0, 0.05) is 36.3 Å². The molecule has 0 aliphatic heterocycles. The molecule has 3 aromatic rings. The minimum Gasteiger partial charge on any atom is -0.372 e. The zero-order valence-electron chi connectivity index (χ0n) is 17.4. The third-order valence-electron chi connectivity index (χ3n) is 4.87. The summed E-state index contributed by atoms with van der Waals surface area (Å²) in [6.07, 6.45) is 1.58. The summed E-state index contributed by atoms with van der Waals surface area (Å²) >= 11 is 0. The van der Waals surface area contributed by atoms with Crippen LogP contribution in [-0.4, -0.2) is 29.0 Å². The standard InChI is InChI=1S/C23H27N5O/c1-5-28(6-2)18-11-12-20(17(4)15-18)25-22(29)21-13-14-24-23(27-21)26-19-10-8-7-9-16(19)3/h7-15H,5-6H2,1-4H3,(H,25,29)(H,24,26,27). The fourth-order valence-electron chi connectivity index (χ4n) is 3.14. The number of hydrogen-bond donors (Lipinski definition) is 2. The second-order valence-electron chi connectivity index (χ2n) is 6.83. The van der Waals surface area contributed by atoms with Crippen LogP contribution in [0.1, 0.15) is 35.5 Å². The molecule has 6 heteroatoms. The average molecular weight is 390 g/mol. The molecule has 0 fully saturated rings. The number of carbonyl (C=O) groups is 1. The highest BCUT2D eigenvalue weighted by Crippen LogP contribution is 2.23. The van der Waals surface area contributed by atoms with E-state index in [1.807, 2.05) is 50.2 Å². The summed E-state index contributed by atoms with van der Waals surface area (Å²) in [6, 6.07) is 15.5. The third kappa shape index (κ3) is 4.90. The first kappa shape index (κ1) is 20.3. The Labute approximate surface area is 172 Å². The van der Waals surface area contributed by atoms with E-state index in [0.717, 1.165) is 41.3 Å². The molecule has 2 N–H and O–H groups in total. The van der Waals surface area contributed by atoms with E-state index in [-0.39, 0.29) is 5.91 Å². The van der Waals surface area contributed by atoms with E-state index in [4.69, 9.17) is 0 Å². The van der Waals surface area contributed by atoms with Crippen molar-refractivity contribution in [3.05, 3.63) is 71.5 Å². The summed E-state index contributed by atoms with van der Waals surface area (Å²) in [5.41, 5.74) is 5.23. The highest BCUT2D eigenvalue weighted by atomic mass is 16.1. The van der Waals surface area contributed by atoms with Gasteiger partial charge >= 0.3 is 0 Å². The molecule has 2 aromatic carbocycles. The molecule has 0 saturated heterocycles. The number of anilines is 4. The van der Waals surface area contributed by atoms with E-state index in [1.165, 1.54) is 0 Å². The van der Waals surface area contributed by atoms with Crippen molar-refractivity contribution in [3.63, 3.8) is 0 Å². The van der Waals surface area contributed by atoms with Gasteiger partial charge in [0.05, 0.1) is 0 Å². The molecule has 1 aromatic heterocycles. The highest BCUT2D eigenvalue weighted by Gasteiger charge is 2.12. The molecule has 3 rings (SSSR count). The van der Waals surface area contributed by atoms with Crippen molar-refractivity contribution in [2.24, 2.45) is 0 Å². The van der Waals surface area contributed by atoms with Crippen LogP contribution in [-0.2, 0) is 0 Å². The van der Waals surface area contributed by atoms with E-state index >= 15 is 0 Å². The quantitative estimate of drug-likeness (QED) is 0.599. The van der Waals surface area contributed by atoms with Crippen LogP contribution >= 0.6 is 0 Å². The Morgan fingerprint density at radius 3 is 2.41 bits per heavy atom. The van der Waals surface area contributed by atoms with Crippen LogP contribution in [0.25, 0.3) is 0 Å². The lowest BCUT2D eigenvalue weighted by Crippen LogP contribution is -2.22. The molecule has 0 spiro atoms. The van der Waals surface area contributed by atoms with E-state index in [1.54, 1.807) is 12.3 Å². The molecule has 1 amide bonds. The summed E-state index contributed by atoms with van der Waals surface area (Å²) in [5, 5.41) is 6.12. The molecule has 6 nitrogen and oxygen atoms in total. The van der Waals surface area contributed by atoms with Gasteiger partial charge < -0.3 is 15.5 Å². The van der Waals surface area contributed by atoms with Gasteiger partial charge in [-0.2, -0.15) is 0 Å². The molecule has 29 heavy (non-hydrogen) atoms. The van der Waals surface area contributed by atoms with Crippen LogP contribution in [0.3, 0.4) is 0 Å². The molecule has 0 bridgehead atoms. The Morgan fingerprint density at radius 1 is 0.966 bits per heavy atom. The lowest BCUT2D eigenvalue weighted by atomic mass is 10.1. The minimum atomic E-state index is -0.265. The molecule has 0 saturated carbocycles. The smallest absolute Gasteiger partial charge is 0.274 e. The summed E-state index contributed by atoms with van der Waals surface area (Å²) < 4.78 is 0. The number of aromatic nitrogens is 2. The van der Waals surface area contributed by atoms with Crippen molar-refractivity contribution in [2.75, 3.05) is 28.6 Å². The van der Waals surface area contributed by atoms with Gasteiger partial charge in [0.25, 0.3) is 5.91 Å². The molecule has 0 aliphatic rings. The molecule has 0 unspecified atom stereocenters. The number of rotatable bonds is 7. The second kappa shape index (κ2) is 9.19. The zero-order valence-corrected chi connectivity index (χ0v) is 17.4. The predicted molar refractivity (Wildman–Crippen MR) is 119 cm³/mol. The van der Waals surface area contributed by atoms with Crippen molar-refractivity contribution in [1.82, 2.24) is 9.97 Å². The number of hydrogen-bond acceptors (Lipinski definition) is 5. The predicted octanol–water partition coefficient (Wildman–Crippen LogP) is 4.94. The maximum Gasteiger partial charge on any atom is 0.274 e. The molecule has 0 aliphatic carbocycles. The van der Waals surface area contributed by atoms with E-state index in [0.29, 0.717) is 11.6 Å². The van der Waals surface area contributed by atoms with Crippen molar-refractivity contribution in [1.29, 1.82) is 0 Å². The maximum absolute atomic E-state index is 12.7. The number of carbonyl (C=O) groups excluding carboxylic acids is 1. The summed E-state index contributed by atoms with van der Waals surface area (Å²) in [6.45, 7) is 10.1. The Kier molecular flexibility index (Phi) is 6.44. The molecule has 150 valence electrons.